The number of hydrogen-bond acceptors (Lipinski definition) is 4. The molecule has 2 aromatic rings. The van der Waals surface area contributed by atoms with Crippen molar-refractivity contribution < 1.29 is 9.53 Å². The molecule has 0 aliphatic heterocycles. The Labute approximate surface area is 173 Å². The van der Waals surface area contributed by atoms with Crippen molar-refractivity contribution in [2.45, 2.75) is 43.6 Å². The van der Waals surface area contributed by atoms with Gasteiger partial charge in [-0.1, -0.05) is 31.4 Å². The van der Waals surface area contributed by atoms with E-state index in [0.29, 0.717) is 6.54 Å². The molecule has 1 unspecified atom stereocenters. The van der Waals surface area contributed by atoms with Crippen LogP contribution in [0.4, 0.5) is 0 Å². The van der Waals surface area contributed by atoms with Gasteiger partial charge >= 0.3 is 0 Å². The number of halogens is 1. The zero-order valence-corrected chi connectivity index (χ0v) is 17.7. The number of hydrogen-bond donors (Lipinski definition) is 2. The minimum absolute atomic E-state index is 0. The number of methoxy groups -OCH3 is 1. The third-order valence-corrected chi connectivity index (χ3v) is 5.72. The zero-order chi connectivity index (χ0) is 19.3. The fourth-order valence-corrected chi connectivity index (χ4v) is 4.14. The van der Waals surface area contributed by atoms with Gasteiger partial charge in [0.1, 0.15) is 11.8 Å². The van der Waals surface area contributed by atoms with Gasteiger partial charge in [0.25, 0.3) is 0 Å². The topological polar surface area (TPSA) is 68.2 Å². The van der Waals surface area contributed by atoms with Crippen LogP contribution in [0.1, 0.15) is 49.3 Å². The van der Waals surface area contributed by atoms with Crippen molar-refractivity contribution in [2.75, 3.05) is 20.7 Å². The number of nitrogens with one attached hydrogen (secondary N) is 2. The van der Waals surface area contributed by atoms with Crippen LogP contribution in [0.15, 0.2) is 36.7 Å². The highest BCUT2D eigenvalue weighted by atomic mass is 35.5. The van der Waals surface area contributed by atoms with Crippen molar-refractivity contribution in [1.82, 2.24) is 20.4 Å². The smallest absolute Gasteiger partial charge is 0.241 e. The van der Waals surface area contributed by atoms with E-state index in [4.69, 9.17) is 4.74 Å². The van der Waals surface area contributed by atoms with Gasteiger partial charge < -0.3 is 15.4 Å². The molecular formula is C21H31ClN4O2. The predicted molar refractivity (Wildman–Crippen MR) is 113 cm³/mol. The van der Waals surface area contributed by atoms with Crippen molar-refractivity contribution in [3.05, 3.63) is 47.8 Å². The van der Waals surface area contributed by atoms with E-state index in [1.54, 1.807) is 25.0 Å². The van der Waals surface area contributed by atoms with E-state index in [-0.39, 0.29) is 23.7 Å². The molecule has 7 heteroatoms. The maximum atomic E-state index is 12.9. The molecule has 1 aromatic heterocycles. The molecule has 6 nitrogen and oxygen atoms in total. The average Bonchev–Trinajstić information content (AvgIpc) is 3.13. The van der Waals surface area contributed by atoms with Crippen molar-refractivity contribution in [1.29, 1.82) is 0 Å². The normalized spacial score (nSPS) is 16.7. The van der Waals surface area contributed by atoms with E-state index in [9.17, 15) is 4.79 Å². The van der Waals surface area contributed by atoms with Crippen LogP contribution < -0.4 is 15.4 Å². The van der Waals surface area contributed by atoms with E-state index in [1.807, 2.05) is 25.4 Å². The third-order valence-electron chi connectivity index (χ3n) is 5.72. The van der Waals surface area contributed by atoms with Gasteiger partial charge in [-0.2, -0.15) is 5.10 Å². The van der Waals surface area contributed by atoms with Gasteiger partial charge in [-0.3, -0.25) is 9.48 Å². The standard InChI is InChI=1S/C21H30N4O2.ClH/c1-22-19(16-13-24-25(2)14-16)20(26)23-15-21(11-5-4-6-12-21)17-7-9-18(27-3)10-8-17;/h7-10,13-14,19,22H,4-6,11-12,15H2,1-3H3,(H,23,26);1H. The minimum atomic E-state index is -0.393. The molecule has 1 aliphatic rings. The van der Waals surface area contributed by atoms with Gasteiger partial charge in [-0.15, -0.1) is 12.4 Å². The fraction of sp³-hybridized carbons (Fsp3) is 0.524. The second kappa shape index (κ2) is 9.94. The Morgan fingerprint density at radius 1 is 1.25 bits per heavy atom. The number of rotatable bonds is 7. The SMILES string of the molecule is CNC(C(=O)NCC1(c2ccc(OC)cc2)CCCCC1)c1cnn(C)c1.Cl. The van der Waals surface area contributed by atoms with E-state index >= 15 is 0 Å². The lowest BCUT2D eigenvalue weighted by Gasteiger charge is -2.38. The Hall–Kier alpha value is -2.05. The quantitative estimate of drug-likeness (QED) is 0.741. The highest BCUT2D eigenvalue weighted by Crippen LogP contribution is 2.39. The summed E-state index contributed by atoms with van der Waals surface area (Å²) < 4.78 is 7.01. The Kier molecular flexibility index (Phi) is 7.89. The minimum Gasteiger partial charge on any atom is -0.497 e. The maximum Gasteiger partial charge on any atom is 0.241 e. The molecule has 1 amide bonds. The zero-order valence-electron chi connectivity index (χ0n) is 16.9. The summed E-state index contributed by atoms with van der Waals surface area (Å²) in [4.78, 5) is 12.9. The highest BCUT2D eigenvalue weighted by molar-refractivity contribution is 5.85. The summed E-state index contributed by atoms with van der Waals surface area (Å²) in [7, 11) is 5.34. The van der Waals surface area contributed by atoms with E-state index in [1.165, 1.54) is 24.8 Å². The van der Waals surface area contributed by atoms with Crippen LogP contribution in [0.25, 0.3) is 0 Å². The van der Waals surface area contributed by atoms with Crippen LogP contribution in [0, 0.1) is 0 Å². The molecule has 28 heavy (non-hydrogen) atoms. The van der Waals surface area contributed by atoms with Gasteiger partial charge in [-0.05, 0) is 37.6 Å². The lowest BCUT2D eigenvalue weighted by Crippen LogP contribution is -2.45. The number of carbonyl (C=O) groups is 1. The number of benzene rings is 1. The van der Waals surface area contributed by atoms with Crippen LogP contribution in [0.2, 0.25) is 0 Å². The van der Waals surface area contributed by atoms with Crippen LogP contribution in [0.3, 0.4) is 0 Å². The third kappa shape index (κ3) is 4.86. The van der Waals surface area contributed by atoms with Crippen LogP contribution in [-0.2, 0) is 17.3 Å². The van der Waals surface area contributed by atoms with Gasteiger partial charge in [0.15, 0.2) is 0 Å². The summed E-state index contributed by atoms with van der Waals surface area (Å²) in [5, 5.41) is 10.5. The summed E-state index contributed by atoms with van der Waals surface area (Å²) >= 11 is 0. The van der Waals surface area contributed by atoms with Crippen LogP contribution >= 0.6 is 12.4 Å². The first kappa shape index (κ1) is 22.2. The summed E-state index contributed by atoms with van der Waals surface area (Å²) in [6.07, 6.45) is 9.45. The van der Waals surface area contributed by atoms with Gasteiger partial charge in [-0.25, -0.2) is 0 Å². The lowest BCUT2D eigenvalue weighted by atomic mass is 9.69. The Balaban J connectivity index is 0.00000280. The van der Waals surface area contributed by atoms with Gasteiger partial charge in [0.05, 0.1) is 13.3 Å². The highest BCUT2D eigenvalue weighted by Gasteiger charge is 2.35. The summed E-state index contributed by atoms with van der Waals surface area (Å²) in [6.45, 7) is 0.649. The van der Waals surface area contributed by atoms with Crippen molar-refractivity contribution in [3.8, 4) is 5.75 Å². The number of ether oxygens (including phenoxy) is 1. The Bertz CT molecular complexity index is 754. The second-order valence-electron chi connectivity index (χ2n) is 7.46. The number of likely N-dealkylation sites (N-methyl/N-ethyl adjacent to an activating group) is 1. The molecule has 1 heterocycles. The summed E-state index contributed by atoms with van der Waals surface area (Å²) in [5.41, 5.74) is 2.15. The maximum absolute atomic E-state index is 12.9. The average molecular weight is 407 g/mol. The first-order valence-electron chi connectivity index (χ1n) is 9.66. The number of carbonyl (C=O) groups excluding carboxylic acids is 1. The Morgan fingerprint density at radius 2 is 1.93 bits per heavy atom. The largest absolute Gasteiger partial charge is 0.497 e. The first-order valence-corrected chi connectivity index (χ1v) is 9.66. The molecule has 1 fully saturated rings. The summed E-state index contributed by atoms with van der Waals surface area (Å²) in [5.74, 6) is 0.851. The number of amides is 1. The van der Waals surface area contributed by atoms with E-state index < -0.39 is 6.04 Å². The van der Waals surface area contributed by atoms with E-state index in [2.05, 4.69) is 27.9 Å². The lowest BCUT2D eigenvalue weighted by molar-refractivity contribution is -0.123. The Morgan fingerprint density at radius 3 is 2.46 bits per heavy atom. The number of nitrogens with zero attached hydrogens (tertiary/aromatic N) is 2. The van der Waals surface area contributed by atoms with Crippen molar-refractivity contribution in [3.63, 3.8) is 0 Å². The molecule has 1 aromatic carbocycles. The molecule has 0 bridgehead atoms. The molecule has 1 aliphatic carbocycles. The van der Waals surface area contributed by atoms with Crippen molar-refractivity contribution >= 4 is 18.3 Å². The molecule has 0 radical (unpaired) electrons. The molecule has 1 saturated carbocycles. The number of aromatic nitrogens is 2. The molecule has 0 spiro atoms. The number of aryl methyl sites for hydroxylation is 1. The molecule has 2 N–H and O–H groups in total. The van der Waals surface area contributed by atoms with Crippen LogP contribution in [0.5, 0.6) is 5.75 Å². The molecule has 3 rings (SSSR count). The second-order valence-corrected chi connectivity index (χ2v) is 7.46. The van der Waals surface area contributed by atoms with E-state index in [0.717, 1.165) is 24.2 Å². The predicted octanol–water partition coefficient (Wildman–Crippen LogP) is 3.13. The monoisotopic (exact) mass is 406 g/mol. The molecule has 0 saturated heterocycles. The molecule has 1 atom stereocenters. The van der Waals surface area contributed by atoms with Crippen LogP contribution in [-0.4, -0.2) is 36.4 Å². The molecule has 154 valence electrons. The molecular weight excluding hydrogens is 376 g/mol. The van der Waals surface area contributed by atoms with Gasteiger partial charge in [0.2, 0.25) is 5.91 Å². The fourth-order valence-electron chi connectivity index (χ4n) is 4.14. The van der Waals surface area contributed by atoms with Gasteiger partial charge in [0, 0.05) is 30.8 Å². The summed E-state index contributed by atoms with van der Waals surface area (Å²) in [6, 6.07) is 7.93. The van der Waals surface area contributed by atoms with Crippen molar-refractivity contribution in [2.24, 2.45) is 7.05 Å². The first-order chi connectivity index (χ1) is 13.1.